The molecule has 0 spiro atoms. The van der Waals surface area contributed by atoms with Crippen LogP contribution in [0.1, 0.15) is 36.0 Å². The summed E-state index contributed by atoms with van der Waals surface area (Å²) in [5.41, 5.74) is 2.89. The molecular weight excluding hydrogens is 238 g/mol. The van der Waals surface area contributed by atoms with Gasteiger partial charge in [-0.25, -0.2) is 0 Å². The highest BCUT2D eigenvalue weighted by Crippen LogP contribution is 2.19. The number of aliphatic hydroxyl groups excluding tert-OH is 1. The standard InChI is InChI=1S/C15H19N3O/c1-11-15(17-9-8-16-11)12(2)18-14(10-19)13-6-4-3-5-7-13/h3-9,12,14,18-19H,10H2,1-2H3/t12?,14-/m1/s1. The second-order valence-electron chi connectivity index (χ2n) is 4.56. The van der Waals surface area contributed by atoms with Crippen LogP contribution in [0.2, 0.25) is 0 Å². The molecule has 1 aromatic carbocycles. The zero-order chi connectivity index (χ0) is 13.7. The average Bonchev–Trinajstić information content (AvgIpc) is 2.46. The first-order chi connectivity index (χ1) is 9.22. The summed E-state index contributed by atoms with van der Waals surface area (Å²) in [5.74, 6) is 0. The lowest BCUT2D eigenvalue weighted by Crippen LogP contribution is -2.28. The highest BCUT2D eigenvalue weighted by molar-refractivity contribution is 5.20. The van der Waals surface area contributed by atoms with Gasteiger partial charge < -0.3 is 5.11 Å². The maximum absolute atomic E-state index is 9.55. The third-order valence-electron chi connectivity index (χ3n) is 3.17. The lowest BCUT2D eigenvalue weighted by Gasteiger charge is -2.22. The lowest BCUT2D eigenvalue weighted by molar-refractivity contribution is 0.234. The van der Waals surface area contributed by atoms with Crippen LogP contribution in [0.5, 0.6) is 0 Å². The Bertz CT molecular complexity index is 516. The van der Waals surface area contributed by atoms with Crippen LogP contribution in [-0.2, 0) is 0 Å². The average molecular weight is 257 g/mol. The number of aliphatic hydroxyl groups is 1. The van der Waals surface area contributed by atoms with Crippen LogP contribution in [0, 0.1) is 6.92 Å². The summed E-state index contributed by atoms with van der Waals surface area (Å²) in [5, 5.41) is 12.9. The van der Waals surface area contributed by atoms with Crippen LogP contribution < -0.4 is 5.32 Å². The Kier molecular flexibility index (Phi) is 4.60. The van der Waals surface area contributed by atoms with Crippen molar-refractivity contribution in [2.45, 2.75) is 25.9 Å². The molecule has 1 aromatic heterocycles. The third-order valence-corrected chi connectivity index (χ3v) is 3.17. The van der Waals surface area contributed by atoms with Gasteiger partial charge in [-0.3, -0.25) is 15.3 Å². The minimum absolute atomic E-state index is 0.0334. The Labute approximate surface area is 113 Å². The maximum atomic E-state index is 9.55. The zero-order valence-electron chi connectivity index (χ0n) is 11.2. The summed E-state index contributed by atoms with van der Waals surface area (Å²) in [4.78, 5) is 8.59. The molecule has 4 nitrogen and oxygen atoms in total. The van der Waals surface area contributed by atoms with Crippen LogP contribution in [-0.4, -0.2) is 21.7 Å². The fourth-order valence-electron chi connectivity index (χ4n) is 2.16. The lowest BCUT2D eigenvalue weighted by atomic mass is 10.1. The third kappa shape index (κ3) is 3.36. The largest absolute Gasteiger partial charge is 0.394 e. The Balaban J connectivity index is 2.13. The van der Waals surface area contributed by atoms with Crippen molar-refractivity contribution in [2.75, 3.05) is 6.61 Å². The summed E-state index contributed by atoms with van der Waals surface area (Å²) in [6.45, 7) is 4.02. The molecule has 4 heteroatoms. The normalized spacial score (nSPS) is 14.1. The molecule has 0 saturated heterocycles. The molecule has 0 aliphatic carbocycles. The van der Waals surface area contributed by atoms with E-state index in [2.05, 4.69) is 15.3 Å². The maximum Gasteiger partial charge on any atom is 0.0782 e. The summed E-state index contributed by atoms with van der Waals surface area (Å²) >= 11 is 0. The predicted octanol–water partition coefficient (Wildman–Crippen LogP) is 2.17. The number of hydrogen-bond acceptors (Lipinski definition) is 4. The molecule has 2 rings (SSSR count). The van der Waals surface area contributed by atoms with Gasteiger partial charge in [-0.2, -0.15) is 0 Å². The fourth-order valence-corrected chi connectivity index (χ4v) is 2.16. The van der Waals surface area contributed by atoms with Gasteiger partial charge >= 0.3 is 0 Å². The van der Waals surface area contributed by atoms with Crippen molar-refractivity contribution in [3.63, 3.8) is 0 Å². The van der Waals surface area contributed by atoms with E-state index >= 15 is 0 Å². The molecule has 0 saturated carbocycles. The SMILES string of the molecule is Cc1nccnc1C(C)N[C@H](CO)c1ccccc1. The summed E-state index contributed by atoms with van der Waals surface area (Å²) in [7, 11) is 0. The molecule has 2 N–H and O–H groups in total. The summed E-state index contributed by atoms with van der Waals surface area (Å²) in [6, 6.07) is 9.85. The zero-order valence-corrected chi connectivity index (χ0v) is 11.2. The number of rotatable bonds is 5. The Morgan fingerprint density at radius 2 is 1.84 bits per heavy atom. The van der Waals surface area contributed by atoms with E-state index in [4.69, 9.17) is 0 Å². The van der Waals surface area contributed by atoms with E-state index < -0.39 is 0 Å². The van der Waals surface area contributed by atoms with E-state index in [0.717, 1.165) is 17.0 Å². The Morgan fingerprint density at radius 1 is 1.16 bits per heavy atom. The number of aryl methyl sites for hydroxylation is 1. The molecule has 0 aliphatic heterocycles. The van der Waals surface area contributed by atoms with E-state index in [1.54, 1.807) is 12.4 Å². The van der Waals surface area contributed by atoms with E-state index in [0.29, 0.717) is 0 Å². The molecule has 0 amide bonds. The summed E-state index contributed by atoms with van der Waals surface area (Å²) < 4.78 is 0. The van der Waals surface area contributed by atoms with Gasteiger partial charge in [0, 0.05) is 18.4 Å². The van der Waals surface area contributed by atoms with Crippen LogP contribution in [0.15, 0.2) is 42.7 Å². The molecule has 1 heterocycles. The van der Waals surface area contributed by atoms with Crippen molar-refractivity contribution in [1.29, 1.82) is 0 Å². The van der Waals surface area contributed by atoms with Crippen molar-refractivity contribution in [2.24, 2.45) is 0 Å². The molecule has 0 bridgehead atoms. The number of nitrogens with zero attached hydrogens (tertiary/aromatic N) is 2. The van der Waals surface area contributed by atoms with Gasteiger partial charge in [-0.05, 0) is 19.4 Å². The van der Waals surface area contributed by atoms with Crippen molar-refractivity contribution >= 4 is 0 Å². The Hall–Kier alpha value is -1.78. The van der Waals surface area contributed by atoms with E-state index in [9.17, 15) is 5.11 Å². The van der Waals surface area contributed by atoms with Crippen LogP contribution in [0.4, 0.5) is 0 Å². The highest BCUT2D eigenvalue weighted by Gasteiger charge is 2.16. The molecular formula is C15H19N3O. The first kappa shape index (κ1) is 13.6. The topological polar surface area (TPSA) is 58.0 Å². The van der Waals surface area contributed by atoms with Crippen molar-refractivity contribution in [1.82, 2.24) is 15.3 Å². The van der Waals surface area contributed by atoms with Gasteiger partial charge in [0.15, 0.2) is 0 Å². The number of benzene rings is 1. The van der Waals surface area contributed by atoms with Gasteiger partial charge in [0.1, 0.15) is 0 Å². The van der Waals surface area contributed by atoms with E-state index in [1.165, 1.54) is 0 Å². The Morgan fingerprint density at radius 3 is 2.47 bits per heavy atom. The van der Waals surface area contributed by atoms with Gasteiger partial charge in [0.05, 0.1) is 24.0 Å². The minimum Gasteiger partial charge on any atom is -0.394 e. The molecule has 0 fully saturated rings. The molecule has 0 radical (unpaired) electrons. The number of nitrogens with one attached hydrogen (secondary N) is 1. The van der Waals surface area contributed by atoms with Crippen LogP contribution in [0.3, 0.4) is 0 Å². The van der Waals surface area contributed by atoms with Crippen molar-refractivity contribution in [3.05, 3.63) is 59.7 Å². The van der Waals surface area contributed by atoms with Crippen LogP contribution >= 0.6 is 0 Å². The van der Waals surface area contributed by atoms with Crippen molar-refractivity contribution in [3.8, 4) is 0 Å². The van der Waals surface area contributed by atoms with E-state index in [1.807, 2.05) is 44.2 Å². The molecule has 100 valence electrons. The van der Waals surface area contributed by atoms with Crippen molar-refractivity contribution < 1.29 is 5.11 Å². The molecule has 0 aliphatic rings. The van der Waals surface area contributed by atoms with Gasteiger partial charge in [-0.1, -0.05) is 30.3 Å². The molecule has 2 aromatic rings. The van der Waals surface area contributed by atoms with E-state index in [-0.39, 0.29) is 18.7 Å². The summed E-state index contributed by atoms with van der Waals surface area (Å²) in [6.07, 6.45) is 3.38. The second kappa shape index (κ2) is 6.41. The monoisotopic (exact) mass is 257 g/mol. The highest BCUT2D eigenvalue weighted by atomic mass is 16.3. The van der Waals surface area contributed by atoms with Gasteiger partial charge in [0.25, 0.3) is 0 Å². The second-order valence-corrected chi connectivity index (χ2v) is 4.56. The van der Waals surface area contributed by atoms with Gasteiger partial charge in [0.2, 0.25) is 0 Å². The molecule has 2 atom stereocenters. The quantitative estimate of drug-likeness (QED) is 0.862. The molecule has 19 heavy (non-hydrogen) atoms. The minimum atomic E-state index is -0.0994. The molecule has 1 unspecified atom stereocenters. The smallest absolute Gasteiger partial charge is 0.0782 e. The first-order valence-electron chi connectivity index (χ1n) is 6.41. The number of aromatic nitrogens is 2. The van der Waals surface area contributed by atoms with Crippen LogP contribution in [0.25, 0.3) is 0 Å². The fraction of sp³-hybridized carbons (Fsp3) is 0.333. The number of hydrogen-bond donors (Lipinski definition) is 2. The first-order valence-corrected chi connectivity index (χ1v) is 6.41. The van der Waals surface area contributed by atoms with Gasteiger partial charge in [-0.15, -0.1) is 0 Å². The predicted molar refractivity (Wildman–Crippen MR) is 74.6 cm³/mol.